The van der Waals surface area contributed by atoms with Crippen molar-refractivity contribution in [2.24, 2.45) is 9.98 Å². The molecule has 0 atom stereocenters. The molecule has 0 bridgehead atoms. The predicted octanol–water partition coefficient (Wildman–Crippen LogP) is 10.6. The van der Waals surface area contributed by atoms with Gasteiger partial charge in [-0.2, -0.15) is 0 Å². The molecule has 0 radical (unpaired) electrons. The van der Waals surface area contributed by atoms with Gasteiger partial charge in [-0.15, -0.1) is 11.5 Å². The number of hydrogen-bond acceptors (Lipinski definition) is 6. The first kappa shape index (κ1) is 41.2. The van der Waals surface area contributed by atoms with Crippen molar-refractivity contribution in [3.05, 3.63) is 117 Å². The van der Waals surface area contributed by atoms with Crippen LogP contribution < -0.4 is 19.7 Å². The van der Waals surface area contributed by atoms with E-state index >= 15 is 0 Å². The van der Waals surface area contributed by atoms with Crippen LogP contribution >= 0.6 is 0 Å². The molecule has 0 unspecified atom stereocenters. The molecule has 1 aliphatic carbocycles. The van der Waals surface area contributed by atoms with Gasteiger partial charge in [0.2, 0.25) is 0 Å². The van der Waals surface area contributed by atoms with Crippen LogP contribution in [0.15, 0.2) is 82.8 Å². The van der Waals surface area contributed by atoms with Crippen molar-refractivity contribution in [3.8, 4) is 23.0 Å². The van der Waals surface area contributed by atoms with E-state index in [1.54, 1.807) is 0 Å². The summed E-state index contributed by atoms with van der Waals surface area (Å²) >= 11 is 0. The summed E-state index contributed by atoms with van der Waals surface area (Å²) in [5.74, 6) is -0.119. The fourth-order valence-corrected chi connectivity index (χ4v) is 6.99. The number of para-hydroxylation sites is 2. The third kappa shape index (κ3) is 8.16. The average molecular weight is 756 g/mol. The van der Waals surface area contributed by atoms with E-state index in [0.717, 1.165) is 33.9 Å². The van der Waals surface area contributed by atoms with Gasteiger partial charge in [-0.05, 0) is 91.1 Å². The summed E-state index contributed by atoms with van der Waals surface area (Å²) in [6.45, 7) is 24.4. The van der Waals surface area contributed by atoms with Gasteiger partial charge < -0.3 is 19.7 Å². The molecule has 6 nitrogen and oxygen atoms in total. The van der Waals surface area contributed by atoms with Gasteiger partial charge in [-0.25, -0.2) is 9.98 Å². The molecule has 0 saturated heterocycles. The normalized spacial score (nSPS) is 13.9. The molecule has 0 aliphatic heterocycles. The average Bonchev–Trinajstić information content (AvgIpc) is 3.36. The van der Waals surface area contributed by atoms with Gasteiger partial charge in [0.1, 0.15) is 0 Å². The maximum atomic E-state index is 12.7. The fraction of sp³-hybridized carbons (Fsp3) is 0.348. The Balaban J connectivity index is 0.000000245. The maximum Gasteiger partial charge on any atom is 2.00 e. The van der Waals surface area contributed by atoms with Gasteiger partial charge in [-0.1, -0.05) is 114 Å². The van der Waals surface area contributed by atoms with Gasteiger partial charge >= 0.3 is 16.5 Å². The minimum Gasteiger partial charge on any atom is -0.873 e. The van der Waals surface area contributed by atoms with Crippen molar-refractivity contribution < 1.29 is 36.2 Å². The molecule has 280 valence electrons. The van der Waals surface area contributed by atoms with E-state index in [0.29, 0.717) is 35.8 Å². The first-order valence-corrected chi connectivity index (χ1v) is 18.2. The second kappa shape index (κ2) is 16.2. The molecule has 0 N–H and O–H groups in total. The molecule has 0 saturated carbocycles. The van der Waals surface area contributed by atoms with E-state index in [9.17, 15) is 10.2 Å². The zero-order chi connectivity index (χ0) is 38.1. The number of rotatable bonds is 6. The third-order valence-electron chi connectivity index (χ3n) is 9.36. The molecule has 5 aromatic carbocycles. The summed E-state index contributed by atoms with van der Waals surface area (Å²) in [4.78, 5) is 10.4. The van der Waals surface area contributed by atoms with Crippen LogP contribution in [0.25, 0.3) is 10.8 Å². The summed E-state index contributed by atoms with van der Waals surface area (Å²) in [5.41, 5.74) is 10.8. The van der Waals surface area contributed by atoms with E-state index in [1.165, 1.54) is 33.0 Å². The van der Waals surface area contributed by atoms with Crippen LogP contribution in [0.1, 0.15) is 99.9 Å². The van der Waals surface area contributed by atoms with Crippen molar-refractivity contribution in [1.29, 1.82) is 0 Å². The van der Waals surface area contributed by atoms with E-state index in [2.05, 4.69) is 100 Å². The number of nitrogens with zero attached hydrogens (tertiary/aromatic N) is 2. The van der Waals surface area contributed by atoms with Crippen LogP contribution in [0.2, 0.25) is 0 Å². The molecule has 53 heavy (non-hydrogen) atoms. The Kier molecular flexibility index (Phi) is 12.6. The van der Waals surface area contributed by atoms with Crippen LogP contribution in [0.5, 0.6) is 23.0 Å². The predicted molar refractivity (Wildman–Crippen MR) is 213 cm³/mol. The zero-order valence-corrected chi connectivity index (χ0v) is 34.2. The van der Waals surface area contributed by atoms with Crippen LogP contribution in [0, 0.1) is 27.7 Å². The summed E-state index contributed by atoms with van der Waals surface area (Å²) in [6, 6.07) is 25.6. The smallest absolute Gasteiger partial charge is 0.873 e. The van der Waals surface area contributed by atoms with E-state index in [-0.39, 0.29) is 16.5 Å². The standard InChI is InChI=1S/C28H24N2.C18H30O4.Ni/c1-17-9-5-10-18(2)25(17)29-27-22-15-7-13-21-14-8-16-23(24(21)22)28(27)30-26-19(3)11-6-12-20(26)4;1-9-21-15-11(17(3,4)5)13(19)14(20)12(18(6,7)8)16(15)22-10-2;/h5-16H,1-4H3;19-20H,9-10H2,1-8H3;/q;;+2/p-2/b29-27-,30-28+;;. The molecule has 0 aromatic heterocycles. The molecule has 0 fully saturated rings. The van der Waals surface area contributed by atoms with Crippen molar-refractivity contribution >= 4 is 33.6 Å². The minimum atomic E-state index is -0.497. The monoisotopic (exact) mass is 754 g/mol. The SMILES string of the molecule is CCOc1c(OCC)c(C(C)(C)C)c([O-])c([O-])c1C(C)(C)C.Cc1cccc(C)c1/N=C1\C(=N\c2c(C)cccc2C)c2cccc3cccc1c23.[Ni+2]. The van der Waals surface area contributed by atoms with Gasteiger partial charge in [0.05, 0.1) is 36.0 Å². The summed E-state index contributed by atoms with van der Waals surface area (Å²) < 4.78 is 11.5. The van der Waals surface area contributed by atoms with Crippen LogP contribution in [0.3, 0.4) is 0 Å². The Bertz CT molecular complexity index is 2010. The molecular weight excluding hydrogens is 703 g/mol. The molecule has 0 spiro atoms. The van der Waals surface area contributed by atoms with E-state index in [4.69, 9.17) is 19.5 Å². The molecule has 1 aliphatic rings. The van der Waals surface area contributed by atoms with Crippen LogP contribution in [0.4, 0.5) is 11.4 Å². The Hall–Kier alpha value is -4.61. The van der Waals surface area contributed by atoms with Gasteiger partial charge in [0, 0.05) is 16.5 Å². The molecule has 6 rings (SSSR count). The fourth-order valence-electron chi connectivity index (χ4n) is 6.99. The first-order chi connectivity index (χ1) is 24.5. The topological polar surface area (TPSA) is 89.3 Å². The Morgan fingerprint density at radius 2 is 0.849 bits per heavy atom. The molecule has 0 heterocycles. The Morgan fingerprint density at radius 1 is 0.528 bits per heavy atom. The number of aliphatic imine (C=N–C) groups is 2. The number of benzene rings is 5. The van der Waals surface area contributed by atoms with E-state index < -0.39 is 22.3 Å². The zero-order valence-electron chi connectivity index (χ0n) is 33.2. The van der Waals surface area contributed by atoms with Crippen LogP contribution in [-0.2, 0) is 27.3 Å². The van der Waals surface area contributed by atoms with Crippen LogP contribution in [-0.4, -0.2) is 24.6 Å². The largest absolute Gasteiger partial charge is 2.00 e. The molecule has 7 heteroatoms. The first-order valence-electron chi connectivity index (χ1n) is 18.2. The van der Waals surface area contributed by atoms with Gasteiger partial charge in [0.15, 0.2) is 11.5 Å². The molecule has 5 aromatic rings. The number of hydrogen-bond donors (Lipinski definition) is 0. The minimum absolute atomic E-state index is 0. The number of ether oxygens (including phenoxy) is 2. The summed E-state index contributed by atoms with van der Waals surface area (Å²) in [6.07, 6.45) is 0. The Labute approximate surface area is 326 Å². The van der Waals surface area contributed by atoms with Gasteiger partial charge in [-0.3, -0.25) is 0 Å². The summed E-state index contributed by atoms with van der Waals surface area (Å²) in [5, 5.41) is 27.8. The third-order valence-corrected chi connectivity index (χ3v) is 9.36. The number of aryl methyl sites for hydroxylation is 4. The second-order valence-electron chi connectivity index (χ2n) is 15.5. The molecule has 0 amide bonds. The quantitative estimate of drug-likeness (QED) is 0.161. The summed E-state index contributed by atoms with van der Waals surface area (Å²) in [7, 11) is 0. The van der Waals surface area contributed by atoms with Crippen molar-refractivity contribution in [2.45, 2.75) is 93.9 Å². The maximum absolute atomic E-state index is 12.7. The van der Waals surface area contributed by atoms with Crippen molar-refractivity contribution in [1.82, 2.24) is 0 Å². The Morgan fingerprint density at radius 3 is 1.15 bits per heavy atom. The van der Waals surface area contributed by atoms with Gasteiger partial charge in [0.25, 0.3) is 0 Å². The van der Waals surface area contributed by atoms with E-state index in [1.807, 2.05) is 55.4 Å². The van der Waals surface area contributed by atoms with Crippen molar-refractivity contribution in [3.63, 3.8) is 0 Å². The molecular formula is C46H52N2NiO4. The second-order valence-corrected chi connectivity index (χ2v) is 15.5. The van der Waals surface area contributed by atoms with Crippen molar-refractivity contribution in [2.75, 3.05) is 13.2 Å².